The molecule has 0 radical (unpaired) electrons. The van der Waals surface area contributed by atoms with Gasteiger partial charge < -0.3 is 18.9 Å². The van der Waals surface area contributed by atoms with Crippen LogP contribution < -0.4 is 0 Å². The Balaban J connectivity index is 3.98. The molecule has 9 heteroatoms. The minimum absolute atomic E-state index is 0.0915. The highest BCUT2D eigenvalue weighted by Crippen LogP contribution is 2.43. The average molecular weight is 1050 g/mol. The van der Waals surface area contributed by atoms with E-state index in [-0.39, 0.29) is 25.8 Å². The molecule has 0 fully saturated rings. The Morgan fingerprint density at radius 2 is 0.712 bits per heavy atom. The van der Waals surface area contributed by atoms with Gasteiger partial charge in [0.2, 0.25) is 0 Å². The molecular weight excluding hydrogens is 926 g/mol. The Kier molecular flexibility index (Phi) is 56.4. The number of esters is 1. The molecule has 0 bridgehead atoms. The summed E-state index contributed by atoms with van der Waals surface area (Å²) >= 11 is 0. The van der Waals surface area contributed by atoms with Crippen LogP contribution in [-0.2, 0) is 27.9 Å². The Morgan fingerprint density at radius 1 is 0.411 bits per heavy atom. The molecule has 0 heterocycles. The molecule has 0 saturated heterocycles. The molecule has 0 aliphatic rings. The van der Waals surface area contributed by atoms with Crippen molar-refractivity contribution in [1.82, 2.24) is 0 Å². The molecule has 0 amide bonds. The topological polar surface area (TPSA) is 91.3 Å². The van der Waals surface area contributed by atoms with E-state index < -0.39 is 13.9 Å². The molecule has 0 aromatic heterocycles. The number of unbranched alkanes of at least 4 members (excludes halogenated alkanes) is 43. The van der Waals surface area contributed by atoms with E-state index in [9.17, 15) is 14.3 Å². The molecule has 0 saturated carbocycles. The van der Waals surface area contributed by atoms with Gasteiger partial charge >= 0.3 is 13.8 Å². The molecule has 73 heavy (non-hydrogen) atoms. The third kappa shape index (κ3) is 61.7. The van der Waals surface area contributed by atoms with Crippen molar-refractivity contribution in [2.75, 3.05) is 54.1 Å². The number of likely N-dealkylation sites (N-methyl/N-ethyl adjacent to an activating group) is 1. The zero-order valence-electron chi connectivity index (χ0n) is 49.7. The van der Waals surface area contributed by atoms with Crippen LogP contribution in [0, 0.1) is 0 Å². The zero-order chi connectivity index (χ0) is 53.3. The van der Waals surface area contributed by atoms with E-state index in [1.54, 1.807) is 0 Å². The molecule has 2 atom stereocenters. The molecule has 0 spiro atoms. The van der Waals surface area contributed by atoms with E-state index in [0.29, 0.717) is 24.1 Å². The van der Waals surface area contributed by atoms with Crippen molar-refractivity contribution in [3.05, 3.63) is 24.3 Å². The lowest BCUT2D eigenvalue weighted by atomic mass is 10.0. The van der Waals surface area contributed by atoms with Gasteiger partial charge in [0, 0.05) is 13.0 Å². The maximum absolute atomic E-state index is 12.8. The van der Waals surface area contributed by atoms with Crippen LogP contribution in [0.4, 0.5) is 0 Å². The molecule has 0 rings (SSSR count). The minimum atomic E-state index is -4.28. The summed E-state index contributed by atoms with van der Waals surface area (Å²) in [5.41, 5.74) is 0. The lowest BCUT2D eigenvalue weighted by Crippen LogP contribution is -2.37. The number of ether oxygens (including phenoxy) is 2. The smallest absolute Gasteiger partial charge is 0.457 e. The number of quaternary nitrogens is 1. The Labute approximate surface area is 455 Å². The van der Waals surface area contributed by atoms with E-state index >= 15 is 0 Å². The monoisotopic (exact) mass is 1050 g/mol. The molecule has 0 aromatic rings. The summed E-state index contributed by atoms with van der Waals surface area (Å²) in [6.07, 6.45) is 71.2. The fourth-order valence-corrected chi connectivity index (χ4v) is 10.3. The highest BCUT2D eigenvalue weighted by molar-refractivity contribution is 7.47. The fraction of sp³-hybridized carbons (Fsp3) is 0.922. The number of phosphoric ester groups is 1. The second-order valence-electron chi connectivity index (χ2n) is 23.1. The molecule has 0 aliphatic carbocycles. The predicted octanol–water partition coefficient (Wildman–Crippen LogP) is 20.6. The lowest BCUT2D eigenvalue weighted by Gasteiger charge is -2.24. The SMILES string of the molecule is CCCCCCCCCC/C=C\CCCCCCCCCCCCCCCCOCC(COP(=O)(O)OCC[N+](C)(C)C)OC(=O)CCCCCCCCCCCCCCC/C=C\CCCCCCCCCC. The van der Waals surface area contributed by atoms with Crippen LogP contribution >= 0.6 is 7.82 Å². The summed E-state index contributed by atoms with van der Waals surface area (Å²) in [6, 6.07) is 0. The van der Waals surface area contributed by atoms with Crippen LogP contribution in [0.1, 0.15) is 322 Å². The largest absolute Gasteiger partial charge is 0.472 e. The Morgan fingerprint density at radius 3 is 1.04 bits per heavy atom. The molecule has 434 valence electrons. The van der Waals surface area contributed by atoms with Gasteiger partial charge in [-0.25, -0.2) is 4.57 Å². The van der Waals surface area contributed by atoms with Crippen molar-refractivity contribution in [3.8, 4) is 0 Å². The van der Waals surface area contributed by atoms with Crippen molar-refractivity contribution < 1.29 is 37.3 Å². The van der Waals surface area contributed by atoms with Crippen LogP contribution in [0.2, 0.25) is 0 Å². The van der Waals surface area contributed by atoms with Gasteiger partial charge in [0.1, 0.15) is 19.3 Å². The predicted molar refractivity (Wildman–Crippen MR) is 317 cm³/mol. The summed E-state index contributed by atoms with van der Waals surface area (Å²) in [4.78, 5) is 23.1. The summed E-state index contributed by atoms with van der Waals surface area (Å²) in [5, 5.41) is 0. The minimum Gasteiger partial charge on any atom is -0.457 e. The Bertz CT molecular complexity index is 1220. The van der Waals surface area contributed by atoms with Crippen molar-refractivity contribution in [2.24, 2.45) is 0 Å². The quantitative estimate of drug-likeness (QED) is 0.0213. The number of hydrogen-bond acceptors (Lipinski definition) is 6. The van der Waals surface area contributed by atoms with Crippen LogP contribution in [0.5, 0.6) is 0 Å². The first-order valence-electron chi connectivity index (χ1n) is 32.1. The number of carbonyl (C=O) groups is 1. The maximum atomic E-state index is 12.8. The van der Waals surface area contributed by atoms with Gasteiger partial charge in [-0.3, -0.25) is 13.8 Å². The summed E-state index contributed by atoms with van der Waals surface area (Å²) in [7, 11) is 1.69. The van der Waals surface area contributed by atoms with Gasteiger partial charge in [-0.2, -0.15) is 0 Å². The number of nitrogens with zero attached hydrogens (tertiary/aromatic N) is 1. The van der Waals surface area contributed by atoms with Gasteiger partial charge in [-0.15, -0.1) is 0 Å². The first kappa shape index (κ1) is 72.0. The van der Waals surface area contributed by atoms with Crippen molar-refractivity contribution >= 4 is 13.8 Å². The normalized spacial score (nSPS) is 13.5. The number of allylic oxidation sites excluding steroid dienone is 4. The van der Waals surface area contributed by atoms with Crippen LogP contribution in [0.25, 0.3) is 0 Å². The van der Waals surface area contributed by atoms with E-state index in [1.807, 2.05) is 21.1 Å². The summed E-state index contributed by atoms with van der Waals surface area (Å²) in [6.45, 7) is 5.70. The van der Waals surface area contributed by atoms with Crippen LogP contribution in [0.3, 0.4) is 0 Å². The van der Waals surface area contributed by atoms with Gasteiger partial charge in [-0.05, 0) is 64.2 Å². The third-order valence-electron chi connectivity index (χ3n) is 14.5. The number of rotatable bonds is 61. The average Bonchev–Trinajstić information content (AvgIpc) is 3.35. The van der Waals surface area contributed by atoms with Crippen LogP contribution in [0.15, 0.2) is 24.3 Å². The van der Waals surface area contributed by atoms with Gasteiger partial charge in [0.25, 0.3) is 0 Å². The second kappa shape index (κ2) is 57.2. The molecule has 8 nitrogen and oxygen atoms in total. The number of hydrogen-bond donors (Lipinski definition) is 1. The van der Waals surface area contributed by atoms with E-state index in [4.69, 9.17) is 18.5 Å². The molecule has 0 aromatic carbocycles. The van der Waals surface area contributed by atoms with Crippen molar-refractivity contribution in [3.63, 3.8) is 0 Å². The van der Waals surface area contributed by atoms with Gasteiger partial charge in [-0.1, -0.05) is 276 Å². The van der Waals surface area contributed by atoms with Gasteiger partial charge in [0.15, 0.2) is 0 Å². The number of carbonyl (C=O) groups excluding carboxylic acids is 1. The molecular formula is C64H127NO7P+. The van der Waals surface area contributed by atoms with Gasteiger partial charge in [0.05, 0.1) is 34.4 Å². The third-order valence-corrected chi connectivity index (χ3v) is 15.5. The molecule has 1 N–H and O–H groups in total. The van der Waals surface area contributed by atoms with E-state index in [0.717, 1.165) is 32.1 Å². The highest BCUT2D eigenvalue weighted by atomic mass is 31.2. The highest BCUT2D eigenvalue weighted by Gasteiger charge is 2.26. The summed E-state index contributed by atoms with van der Waals surface area (Å²) < 4.78 is 35.4. The summed E-state index contributed by atoms with van der Waals surface area (Å²) in [5.74, 6) is -0.306. The van der Waals surface area contributed by atoms with E-state index in [1.165, 1.54) is 270 Å². The van der Waals surface area contributed by atoms with Crippen molar-refractivity contribution in [2.45, 2.75) is 328 Å². The van der Waals surface area contributed by atoms with E-state index in [2.05, 4.69) is 38.2 Å². The number of phosphoric acid groups is 1. The van der Waals surface area contributed by atoms with Crippen LogP contribution in [-0.4, -0.2) is 75.6 Å². The van der Waals surface area contributed by atoms with Crippen molar-refractivity contribution in [1.29, 1.82) is 0 Å². The zero-order valence-corrected chi connectivity index (χ0v) is 50.5. The first-order valence-corrected chi connectivity index (χ1v) is 33.6. The standard InChI is InChI=1S/C64H126NO7P/c1-6-8-10-12-14-16-18-20-22-24-26-28-30-32-34-36-38-40-42-44-46-48-50-52-54-56-59-69-61-63(62-71-73(67,68)70-60-58-65(3,4)5)72-64(66)57-55-53-51-49-47-45-43-41-39-37-35-33-31-29-27-25-23-21-19-17-15-13-11-9-7-2/h24-27,63H,6-23,28-62H2,1-5H3/p+1/b26-24-,27-25-. The maximum Gasteiger partial charge on any atom is 0.472 e. The second-order valence-corrected chi connectivity index (χ2v) is 24.6. The fourth-order valence-electron chi connectivity index (χ4n) is 9.55. The first-order chi connectivity index (χ1) is 35.6. The Hall–Kier alpha value is -1.02. The lowest BCUT2D eigenvalue weighted by molar-refractivity contribution is -0.870. The molecule has 0 aliphatic heterocycles. The molecule has 2 unspecified atom stereocenters.